The molecule has 162 valence electrons. The summed E-state index contributed by atoms with van der Waals surface area (Å²) in [6, 6.07) is 0.860. The van der Waals surface area contributed by atoms with Crippen molar-refractivity contribution in [1.82, 2.24) is 15.5 Å². The Morgan fingerprint density at radius 1 is 1.19 bits per heavy atom. The van der Waals surface area contributed by atoms with Gasteiger partial charge in [0.2, 0.25) is 0 Å². The van der Waals surface area contributed by atoms with Crippen LogP contribution in [-0.2, 0) is 14.2 Å². The molecule has 0 aliphatic carbocycles. The molecule has 7 nitrogen and oxygen atoms in total. The van der Waals surface area contributed by atoms with Gasteiger partial charge in [0, 0.05) is 38.3 Å². The summed E-state index contributed by atoms with van der Waals surface area (Å²) in [6.45, 7) is 16.4. The van der Waals surface area contributed by atoms with E-state index in [1.165, 1.54) is 6.42 Å². The summed E-state index contributed by atoms with van der Waals surface area (Å²) < 4.78 is 16.6. The standard InChI is InChI=1S/C19H40N4O3.HI/c1-5-7-10-24-13-14-25-11-8-21-19(20-6-2)22-15-17(3)23-9-12-26-16-18(23)4;/h17-18H,5-16H2,1-4H3,(H2,20,21,22);1H. The lowest BCUT2D eigenvalue weighted by Crippen LogP contribution is -2.49. The molecule has 1 heterocycles. The smallest absolute Gasteiger partial charge is 0.191 e. The van der Waals surface area contributed by atoms with Gasteiger partial charge < -0.3 is 24.8 Å². The molecule has 0 spiro atoms. The highest BCUT2D eigenvalue weighted by Crippen LogP contribution is 2.10. The summed E-state index contributed by atoms with van der Waals surface area (Å²) in [7, 11) is 0. The minimum Gasteiger partial charge on any atom is -0.379 e. The zero-order chi connectivity index (χ0) is 19.0. The number of aliphatic imine (C=N–C) groups is 1. The maximum Gasteiger partial charge on any atom is 0.191 e. The third kappa shape index (κ3) is 12.8. The van der Waals surface area contributed by atoms with E-state index in [1.807, 2.05) is 0 Å². The molecular formula is C19H41IN4O3. The topological polar surface area (TPSA) is 67.4 Å². The molecule has 27 heavy (non-hydrogen) atoms. The van der Waals surface area contributed by atoms with E-state index in [4.69, 9.17) is 19.2 Å². The van der Waals surface area contributed by atoms with E-state index < -0.39 is 0 Å². The van der Waals surface area contributed by atoms with Crippen molar-refractivity contribution in [2.45, 2.75) is 52.6 Å². The summed E-state index contributed by atoms with van der Waals surface area (Å²) in [5.74, 6) is 0.850. The summed E-state index contributed by atoms with van der Waals surface area (Å²) in [4.78, 5) is 7.19. The zero-order valence-electron chi connectivity index (χ0n) is 17.7. The SMILES string of the molecule is CCCCOCCOCCNC(=NCC(C)N1CCOCC1C)NCC.I. The van der Waals surface area contributed by atoms with E-state index in [9.17, 15) is 0 Å². The van der Waals surface area contributed by atoms with Gasteiger partial charge in [0.05, 0.1) is 39.6 Å². The van der Waals surface area contributed by atoms with Crippen LogP contribution in [0.15, 0.2) is 4.99 Å². The molecule has 1 saturated heterocycles. The van der Waals surface area contributed by atoms with E-state index in [0.29, 0.717) is 31.9 Å². The van der Waals surface area contributed by atoms with Gasteiger partial charge in [-0.2, -0.15) is 0 Å². The summed E-state index contributed by atoms with van der Waals surface area (Å²) in [5, 5.41) is 6.62. The van der Waals surface area contributed by atoms with Gasteiger partial charge in [0.15, 0.2) is 5.96 Å². The lowest BCUT2D eigenvalue weighted by atomic mass is 10.2. The number of unbranched alkanes of at least 4 members (excludes halogenated alkanes) is 1. The van der Waals surface area contributed by atoms with Crippen LogP contribution in [0.3, 0.4) is 0 Å². The van der Waals surface area contributed by atoms with Crippen molar-refractivity contribution in [2.24, 2.45) is 4.99 Å². The molecule has 1 aliphatic rings. The minimum absolute atomic E-state index is 0. The second-order valence-electron chi connectivity index (χ2n) is 6.74. The number of nitrogens with one attached hydrogen (secondary N) is 2. The number of morpholine rings is 1. The van der Waals surface area contributed by atoms with Gasteiger partial charge in [-0.3, -0.25) is 9.89 Å². The maximum absolute atomic E-state index is 5.58. The van der Waals surface area contributed by atoms with Gasteiger partial charge in [-0.1, -0.05) is 13.3 Å². The Hall–Kier alpha value is -0.160. The molecule has 0 amide bonds. The van der Waals surface area contributed by atoms with Crippen molar-refractivity contribution in [1.29, 1.82) is 0 Å². The highest BCUT2D eigenvalue weighted by Gasteiger charge is 2.23. The van der Waals surface area contributed by atoms with Gasteiger partial charge in [0.1, 0.15) is 0 Å². The largest absolute Gasteiger partial charge is 0.379 e. The van der Waals surface area contributed by atoms with Crippen LogP contribution in [0.4, 0.5) is 0 Å². The van der Waals surface area contributed by atoms with Crippen molar-refractivity contribution in [3.63, 3.8) is 0 Å². The van der Waals surface area contributed by atoms with Crippen molar-refractivity contribution in [2.75, 3.05) is 65.8 Å². The van der Waals surface area contributed by atoms with Crippen molar-refractivity contribution >= 4 is 29.9 Å². The number of hydrogen-bond donors (Lipinski definition) is 2. The quantitative estimate of drug-likeness (QED) is 0.175. The Labute approximate surface area is 183 Å². The fourth-order valence-electron chi connectivity index (χ4n) is 2.87. The average molecular weight is 500 g/mol. The van der Waals surface area contributed by atoms with Crippen molar-refractivity contribution < 1.29 is 14.2 Å². The molecule has 0 bridgehead atoms. The summed E-state index contributed by atoms with van der Waals surface area (Å²) in [5.41, 5.74) is 0. The lowest BCUT2D eigenvalue weighted by Gasteiger charge is -2.37. The molecule has 2 atom stereocenters. The molecule has 1 fully saturated rings. The molecular weight excluding hydrogens is 459 g/mol. The highest BCUT2D eigenvalue weighted by molar-refractivity contribution is 14.0. The number of nitrogens with zero attached hydrogens (tertiary/aromatic N) is 2. The highest BCUT2D eigenvalue weighted by atomic mass is 127. The van der Waals surface area contributed by atoms with Gasteiger partial charge in [-0.25, -0.2) is 0 Å². The number of hydrogen-bond acceptors (Lipinski definition) is 5. The fraction of sp³-hybridized carbons (Fsp3) is 0.947. The predicted molar refractivity (Wildman–Crippen MR) is 122 cm³/mol. The molecule has 0 radical (unpaired) electrons. The van der Waals surface area contributed by atoms with Gasteiger partial charge in [-0.15, -0.1) is 24.0 Å². The third-order valence-corrected chi connectivity index (χ3v) is 4.40. The van der Waals surface area contributed by atoms with Crippen LogP contribution in [0.5, 0.6) is 0 Å². The molecule has 1 aliphatic heterocycles. The Morgan fingerprint density at radius 3 is 2.59 bits per heavy atom. The Bertz CT molecular complexity index is 375. The Morgan fingerprint density at radius 2 is 1.93 bits per heavy atom. The maximum atomic E-state index is 5.58. The molecule has 0 aromatic heterocycles. The van der Waals surface area contributed by atoms with E-state index >= 15 is 0 Å². The molecule has 8 heteroatoms. The second kappa shape index (κ2) is 17.9. The van der Waals surface area contributed by atoms with Crippen LogP contribution in [0.1, 0.15) is 40.5 Å². The first-order valence-corrected chi connectivity index (χ1v) is 10.2. The third-order valence-electron chi connectivity index (χ3n) is 4.40. The Balaban J connectivity index is 0.00000676. The van der Waals surface area contributed by atoms with Crippen LogP contribution in [0.25, 0.3) is 0 Å². The average Bonchev–Trinajstić information content (AvgIpc) is 2.64. The van der Waals surface area contributed by atoms with Gasteiger partial charge >= 0.3 is 0 Å². The Kier molecular flexibility index (Phi) is 17.8. The fourth-order valence-corrected chi connectivity index (χ4v) is 2.87. The number of ether oxygens (including phenoxy) is 3. The van der Waals surface area contributed by atoms with Crippen LogP contribution in [-0.4, -0.2) is 88.8 Å². The molecule has 0 saturated carbocycles. The van der Waals surface area contributed by atoms with Gasteiger partial charge in [0.25, 0.3) is 0 Å². The predicted octanol–water partition coefficient (Wildman–Crippen LogP) is 2.10. The van der Waals surface area contributed by atoms with Crippen LogP contribution in [0, 0.1) is 0 Å². The molecule has 2 N–H and O–H groups in total. The first kappa shape index (κ1) is 26.8. The monoisotopic (exact) mass is 500 g/mol. The van der Waals surface area contributed by atoms with Crippen LogP contribution < -0.4 is 10.6 Å². The first-order valence-electron chi connectivity index (χ1n) is 10.2. The van der Waals surface area contributed by atoms with Crippen molar-refractivity contribution in [3.05, 3.63) is 0 Å². The summed E-state index contributed by atoms with van der Waals surface area (Å²) >= 11 is 0. The number of halogens is 1. The second-order valence-corrected chi connectivity index (χ2v) is 6.74. The molecule has 0 aromatic carbocycles. The molecule has 0 aromatic rings. The van der Waals surface area contributed by atoms with Gasteiger partial charge in [-0.05, 0) is 27.2 Å². The van der Waals surface area contributed by atoms with E-state index in [0.717, 1.165) is 58.4 Å². The van der Waals surface area contributed by atoms with Crippen LogP contribution in [0.2, 0.25) is 0 Å². The van der Waals surface area contributed by atoms with E-state index in [2.05, 4.69) is 43.2 Å². The minimum atomic E-state index is 0. The van der Waals surface area contributed by atoms with E-state index in [1.54, 1.807) is 0 Å². The van der Waals surface area contributed by atoms with Crippen LogP contribution >= 0.6 is 24.0 Å². The molecule has 2 unspecified atom stereocenters. The first-order chi connectivity index (χ1) is 12.7. The zero-order valence-corrected chi connectivity index (χ0v) is 20.0. The lowest BCUT2D eigenvalue weighted by molar-refractivity contribution is -0.0165. The van der Waals surface area contributed by atoms with E-state index in [-0.39, 0.29) is 24.0 Å². The molecule has 1 rings (SSSR count). The summed E-state index contributed by atoms with van der Waals surface area (Å²) in [6.07, 6.45) is 2.28. The number of guanidine groups is 1. The normalized spacial score (nSPS) is 19.4. The van der Waals surface area contributed by atoms with Crippen molar-refractivity contribution in [3.8, 4) is 0 Å². The number of rotatable bonds is 13.